The molecule has 0 aromatic heterocycles. The van der Waals surface area contributed by atoms with Crippen molar-refractivity contribution in [1.82, 2.24) is 0 Å². The molecule has 0 aliphatic rings. The minimum atomic E-state index is -4.24. The molecule has 2 N–H and O–H groups in total. The molecule has 1 aromatic carbocycles. The first-order valence-electron chi connectivity index (χ1n) is 2.98. The zero-order chi connectivity index (χ0) is 10.2. The number of phenolic OH excluding ortho intramolecular Hbond substituents is 1. The summed E-state index contributed by atoms with van der Waals surface area (Å²) in [7, 11) is -4.24. The van der Waals surface area contributed by atoms with Gasteiger partial charge in [0.1, 0.15) is 5.75 Å². The SMILES string of the molecule is O=S(=O)(O)c1cc(Br)c(O)c(Br)c1.[Na+]. The van der Waals surface area contributed by atoms with E-state index in [2.05, 4.69) is 31.9 Å². The maximum atomic E-state index is 10.7. The van der Waals surface area contributed by atoms with Crippen LogP contribution in [0.4, 0.5) is 0 Å². The van der Waals surface area contributed by atoms with Crippen molar-refractivity contribution in [3.63, 3.8) is 0 Å². The molecule has 0 unspecified atom stereocenters. The van der Waals surface area contributed by atoms with E-state index in [1.54, 1.807) is 0 Å². The van der Waals surface area contributed by atoms with Crippen LogP contribution in [0.5, 0.6) is 5.75 Å². The predicted molar refractivity (Wildman–Crippen MR) is 53.3 cm³/mol. The average molecular weight is 355 g/mol. The maximum absolute atomic E-state index is 10.7. The molecule has 0 fully saturated rings. The van der Waals surface area contributed by atoms with Crippen molar-refractivity contribution in [3.05, 3.63) is 21.1 Å². The smallest absolute Gasteiger partial charge is 0.506 e. The van der Waals surface area contributed by atoms with Gasteiger partial charge in [-0.15, -0.1) is 0 Å². The van der Waals surface area contributed by atoms with Crippen molar-refractivity contribution < 1.29 is 47.6 Å². The van der Waals surface area contributed by atoms with Gasteiger partial charge in [-0.05, 0) is 44.0 Å². The Hall–Kier alpha value is 0.890. The molecule has 0 heterocycles. The van der Waals surface area contributed by atoms with Crippen LogP contribution >= 0.6 is 31.9 Å². The van der Waals surface area contributed by atoms with Crippen molar-refractivity contribution in [2.24, 2.45) is 0 Å². The van der Waals surface area contributed by atoms with Crippen molar-refractivity contribution in [2.45, 2.75) is 4.90 Å². The molecule has 0 aliphatic heterocycles. The second kappa shape index (κ2) is 5.29. The Labute approximate surface area is 120 Å². The van der Waals surface area contributed by atoms with Crippen LogP contribution in [0.2, 0.25) is 0 Å². The Morgan fingerprint density at radius 2 is 1.50 bits per heavy atom. The van der Waals surface area contributed by atoms with E-state index in [1.807, 2.05) is 0 Å². The Morgan fingerprint density at radius 3 is 1.79 bits per heavy atom. The molecule has 0 saturated carbocycles. The summed E-state index contributed by atoms with van der Waals surface area (Å²) in [6.07, 6.45) is 0. The Bertz CT molecular complexity index is 422. The molecular formula is C6H4Br2NaO4S+. The Balaban J connectivity index is 0.00000169. The summed E-state index contributed by atoms with van der Waals surface area (Å²) < 4.78 is 30.4. The number of hydrogen-bond donors (Lipinski definition) is 2. The van der Waals surface area contributed by atoms with Gasteiger partial charge in [-0.3, -0.25) is 4.55 Å². The molecular weight excluding hydrogens is 351 g/mol. The van der Waals surface area contributed by atoms with Gasteiger partial charge >= 0.3 is 29.6 Å². The second-order valence-electron chi connectivity index (χ2n) is 2.21. The number of benzene rings is 1. The molecule has 0 amide bonds. The number of aromatic hydroxyl groups is 1. The standard InChI is InChI=1S/C6H4Br2O4S.Na/c7-4-1-3(13(10,11)12)2-5(8)6(4)9;/h1-2,9H,(H,10,11,12);/q;+1. The summed E-state index contributed by atoms with van der Waals surface area (Å²) in [6, 6.07) is 2.21. The number of phenols is 1. The van der Waals surface area contributed by atoms with Crippen LogP contribution in [0.25, 0.3) is 0 Å². The van der Waals surface area contributed by atoms with E-state index in [1.165, 1.54) is 0 Å². The quantitative estimate of drug-likeness (QED) is 0.510. The van der Waals surface area contributed by atoms with Crippen molar-refractivity contribution in [3.8, 4) is 5.75 Å². The zero-order valence-corrected chi connectivity index (χ0v) is 13.0. The number of hydrogen-bond acceptors (Lipinski definition) is 3. The predicted octanol–water partition coefficient (Wildman–Crippen LogP) is -0.832. The monoisotopic (exact) mass is 353 g/mol. The van der Waals surface area contributed by atoms with E-state index >= 15 is 0 Å². The number of halogens is 2. The van der Waals surface area contributed by atoms with Crippen LogP contribution in [-0.2, 0) is 10.1 Å². The topological polar surface area (TPSA) is 74.6 Å². The third-order valence-corrected chi connectivity index (χ3v) is 3.33. The first kappa shape index (κ1) is 14.9. The molecule has 0 aliphatic carbocycles. The molecule has 0 saturated heterocycles. The summed E-state index contributed by atoms with van der Waals surface area (Å²) >= 11 is 5.87. The normalized spacial score (nSPS) is 10.8. The van der Waals surface area contributed by atoms with E-state index < -0.39 is 10.1 Å². The van der Waals surface area contributed by atoms with Crippen molar-refractivity contribution in [2.75, 3.05) is 0 Å². The third kappa shape index (κ3) is 3.48. The van der Waals surface area contributed by atoms with E-state index in [9.17, 15) is 13.5 Å². The van der Waals surface area contributed by atoms with Gasteiger partial charge in [0.05, 0.1) is 13.8 Å². The van der Waals surface area contributed by atoms with Crippen LogP contribution < -0.4 is 29.6 Å². The molecule has 1 aromatic rings. The van der Waals surface area contributed by atoms with Crippen LogP contribution in [0.1, 0.15) is 0 Å². The minimum Gasteiger partial charge on any atom is -0.506 e. The third-order valence-electron chi connectivity index (χ3n) is 1.29. The Kier molecular flexibility index (Phi) is 5.62. The summed E-state index contributed by atoms with van der Waals surface area (Å²) in [4.78, 5) is -0.288. The average Bonchev–Trinajstić information content (AvgIpc) is 1.97. The molecule has 0 spiro atoms. The molecule has 14 heavy (non-hydrogen) atoms. The van der Waals surface area contributed by atoms with Crippen molar-refractivity contribution >= 4 is 42.0 Å². The van der Waals surface area contributed by atoms with Gasteiger partial charge in [-0.2, -0.15) is 8.42 Å². The first-order valence-corrected chi connectivity index (χ1v) is 6.00. The van der Waals surface area contributed by atoms with E-state index in [4.69, 9.17) is 4.55 Å². The number of rotatable bonds is 1. The van der Waals surface area contributed by atoms with Crippen LogP contribution in [-0.4, -0.2) is 18.1 Å². The molecule has 0 radical (unpaired) electrons. The summed E-state index contributed by atoms with van der Waals surface area (Å²) in [5.74, 6) is -0.118. The molecule has 0 atom stereocenters. The largest absolute Gasteiger partial charge is 1.00 e. The molecule has 0 bridgehead atoms. The van der Waals surface area contributed by atoms with Gasteiger partial charge in [-0.25, -0.2) is 0 Å². The second-order valence-corrected chi connectivity index (χ2v) is 5.34. The summed E-state index contributed by atoms with van der Waals surface area (Å²) in [6.45, 7) is 0. The molecule has 1 rings (SSSR count). The fourth-order valence-electron chi connectivity index (χ4n) is 0.691. The Morgan fingerprint density at radius 1 is 1.14 bits per heavy atom. The zero-order valence-electron chi connectivity index (χ0n) is 7.03. The van der Waals surface area contributed by atoms with Crippen LogP contribution in [0.15, 0.2) is 26.0 Å². The van der Waals surface area contributed by atoms with Gasteiger partial charge in [0.2, 0.25) is 0 Å². The maximum Gasteiger partial charge on any atom is 1.00 e. The van der Waals surface area contributed by atoms with Crippen molar-refractivity contribution in [1.29, 1.82) is 0 Å². The molecule has 4 nitrogen and oxygen atoms in total. The van der Waals surface area contributed by atoms with E-state index in [0.29, 0.717) is 0 Å². The molecule has 72 valence electrons. The van der Waals surface area contributed by atoms with Gasteiger partial charge in [0.15, 0.2) is 0 Å². The van der Waals surface area contributed by atoms with Gasteiger partial charge in [-0.1, -0.05) is 0 Å². The fourth-order valence-corrected chi connectivity index (χ4v) is 2.71. The molecule has 8 heteroatoms. The summed E-state index contributed by atoms with van der Waals surface area (Å²) in [5, 5.41) is 9.23. The van der Waals surface area contributed by atoms with Crippen LogP contribution in [0, 0.1) is 0 Å². The van der Waals surface area contributed by atoms with Gasteiger partial charge < -0.3 is 5.11 Å². The fraction of sp³-hybridized carbons (Fsp3) is 0. The van der Waals surface area contributed by atoms with E-state index in [-0.39, 0.29) is 49.1 Å². The minimum absolute atomic E-state index is 0. The first-order chi connectivity index (χ1) is 5.82. The summed E-state index contributed by atoms with van der Waals surface area (Å²) in [5.41, 5.74) is 0. The van der Waals surface area contributed by atoms with E-state index in [0.717, 1.165) is 12.1 Å². The van der Waals surface area contributed by atoms with Gasteiger partial charge in [0.25, 0.3) is 10.1 Å². The van der Waals surface area contributed by atoms with Crippen LogP contribution in [0.3, 0.4) is 0 Å². The van der Waals surface area contributed by atoms with Gasteiger partial charge in [0, 0.05) is 0 Å².